The first-order valence-corrected chi connectivity index (χ1v) is 31.9. The Kier molecular flexibility index (Phi) is 18.5. The molecule has 3 fully saturated rings. The molecule has 0 aromatic rings. The van der Waals surface area contributed by atoms with Crippen molar-refractivity contribution in [3.05, 3.63) is 34.9 Å². The monoisotopic (exact) mass is 847 g/mol. The predicted molar refractivity (Wildman–Crippen MR) is 253 cm³/mol. The zero-order valence-corrected chi connectivity index (χ0v) is 43.7. The van der Waals surface area contributed by atoms with E-state index in [1.807, 2.05) is 0 Å². The predicted octanol–water partition coefficient (Wildman–Crippen LogP) is 14.8. The van der Waals surface area contributed by atoms with E-state index in [9.17, 15) is 4.80 Å². The van der Waals surface area contributed by atoms with Gasteiger partial charge in [-0.05, 0) is 167 Å². The zero-order chi connectivity index (χ0) is 43.1. The van der Waals surface area contributed by atoms with E-state index in [1.165, 1.54) is 80.6 Å². The van der Waals surface area contributed by atoms with Gasteiger partial charge in [0.25, 0.3) is 0 Å². The van der Waals surface area contributed by atoms with Gasteiger partial charge in [0.05, 0.1) is 18.3 Å². The van der Waals surface area contributed by atoms with Crippen LogP contribution in [0.1, 0.15) is 160 Å². The molecule has 5 nitrogen and oxygen atoms in total. The van der Waals surface area contributed by atoms with Crippen LogP contribution in [-0.2, 0) is 18.3 Å². The van der Waals surface area contributed by atoms with Crippen LogP contribution in [0.4, 0.5) is 0 Å². The molecule has 3 aliphatic rings. The fraction of sp³-hybridized carbons (Fsp3) is 0.878. The third kappa shape index (κ3) is 13.3. The van der Waals surface area contributed by atoms with Crippen molar-refractivity contribution < 1.29 is 23.1 Å². The van der Waals surface area contributed by atoms with Crippen LogP contribution in [0.5, 0.6) is 0 Å². The Bertz CT molecular complexity index is 1300. The Hall–Kier alpha value is -0.329. The summed E-state index contributed by atoms with van der Waals surface area (Å²) in [7, 11) is -4.42. The molecule has 57 heavy (non-hydrogen) atoms. The summed E-state index contributed by atoms with van der Waals surface area (Å²) in [6.45, 7) is 38.7. The third-order valence-electron chi connectivity index (χ3n) is 16.4. The summed E-state index contributed by atoms with van der Waals surface area (Å²) in [6, 6.07) is 3.68. The van der Waals surface area contributed by atoms with Gasteiger partial charge in [0.15, 0.2) is 25.0 Å². The second-order valence-corrected chi connectivity index (χ2v) is 36.5. The molecule has 0 heterocycles. The smallest absolute Gasteiger partial charge is 0.192 e. The summed E-state index contributed by atoms with van der Waals surface area (Å²) in [6.07, 6.45) is 21.9. The van der Waals surface area contributed by atoms with Crippen LogP contribution >= 0.6 is 0 Å². The third-order valence-corrected chi connectivity index (χ3v) is 29.3. The van der Waals surface area contributed by atoms with Gasteiger partial charge in [-0.1, -0.05) is 111 Å². The first-order chi connectivity index (χ1) is 26.3. The lowest BCUT2D eigenvalue weighted by Crippen LogP contribution is -2.47. The molecule has 0 spiro atoms. The van der Waals surface area contributed by atoms with Crippen LogP contribution in [-0.4, -0.2) is 62.0 Å². The van der Waals surface area contributed by atoms with Gasteiger partial charge in [-0.15, -0.1) is 0 Å². The van der Waals surface area contributed by atoms with Crippen LogP contribution < -0.4 is 0 Å². The molecule has 8 heteroatoms. The molecule has 0 aromatic heterocycles. The second kappa shape index (κ2) is 20.7. The van der Waals surface area contributed by atoms with Gasteiger partial charge in [0.1, 0.15) is 6.79 Å². The maximum absolute atomic E-state index is 11.5. The van der Waals surface area contributed by atoms with Gasteiger partial charge in [-0.25, -0.2) is 0 Å². The van der Waals surface area contributed by atoms with Crippen molar-refractivity contribution in [1.82, 2.24) is 0 Å². The molecule has 0 bridgehead atoms. The summed E-state index contributed by atoms with van der Waals surface area (Å²) >= 11 is 0. The summed E-state index contributed by atoms with van der Waals surface area (Å²) in [5.41, 5.74) is 5.05. The highest BCUT2D eigenvalue weighted by Crippen LogP contribution is 2.60. The van der Waals surface area contributed by atoms with Crippen molar-refractivity contribution in [2.45, 2.75) is 226 Å². The summed E-state index contributed by atoms with van der Waals surface area (Å²) in [5, 5.41) is -0.000838. The minimum Gasteiger partial charge on any atom is -0.432 e. The minimum absolute atomic E-state index is 0.0157. The Labute approximate surface area is 357 Å². The molecular weight excluding hydrogens is 753 g/mol. The Morgan fingerprint density at radius 2 is 1.58 bits per heavy atom. The number of hydrogen-bond acceptors (Lipinski definition) is 5. The highest BCUT2D eigenvalue weighted by molar-refractivity contribution is 6.74. The summed E-state index contributed by atoms with van der Waals surface area (Å²) < 4.78 is 25.3. The normalized spacial score (nSPS) is 28.4. The lowest BCUT2D eigenvalue weighted by atomic mass is 9.60. The zero-order valence-electron chi connectivity index (χ0n) is 40.7. The van der Waals surface area contributed by atoms with Crippen molar-refractivity contribution in [2.75, 3.05) is 20.5 Å². The summed E-state index contributed by atoms with van der Waals surface area (Å²) in [4.78, 5) is 11.5. The van der Waals surface area contributed by atoms with Gasteiger partial charge in [-0.3, -0.25) is 0 Å². The minimum atomic E-state index is -2.42. The number of allylic oxidation sites excluding steroid dienone is 3. The van der Waals surface area contributed by atoms with Gasteiger partial charge in [-0.2, -0.15) is 0 Å². The Balaban J connectivity index is 1.88. The van der Waals surface area contributed by atoms with E-state index in [1.54, 1.807) is 12.7 Å². The number of fused-ring (bicyclic) bond motifs is 1. The average Bonchev–Trinajstić information content (AvgIpc) is 3.46. The largest absolute Gasteiger partial charge is 0.432 e. The van der Waals surface area contributed by atoms with E-state index in [4.69, 9.17) is 18.3 Å². The molecule has 0 saturated heterocycles. The molecule has 0 amide bonds. The highest BCUT2D eigenvalue weighted by atomic mass is 28.4. The quantitative estimate of drug-likeness (QED) is 0.0540. The topological polar surface area (TPSA) is 57.2 Å². The van der Waals surface area contributed by atoms with Crippen LogP contribution in [0.15, 0.2) is 34.9 Å². The first-order valence-electron chi connectivity index (χ1n) is 23.6. The van der Waals surface area contributed by atoms with E-state index in [2.05, 4.69) is 128 Å². The lowest BCUT2D eigenvalue weighted by Gasteiger charge is -2.46. The summed E-state index contributed by atoms with van der Waals surface area (Å²) in [5.74, 6) is 2.58. The number of rotatable bonds is 21. The molecule has 3 aliphatic carbocycles. The fourth-order valence-electron chi connectivity index (χ4n) is 10.8. The fourth-order valence-corrected chi connectivity index (χ4v) is 16.1. The molecule has 3 saturated carbocycles. The standard InChI is InChI=1S/C49H94O5Si3/c1-18-57(19-2,20-3)54-47(8,9)31-21-24-38(4)43-29-30-44-40(25-22-32-49(43,44)12)28-27-39-34-41(36-48(10,11)55(14,15)50)42(26-23-33-52-37-51-13)45(35-39)53-56(16,17)46(5,6)7/h26-28,38,41,43-45,50H,18-25,29-37H2,1-17H3/b39-27+,40-28+,42-26-/t38-,41+,43?,44?,45-,49-/m1/s1. The molecule has 1 N–H and O–H groups in total. The van der Waals surface area contributed by atoms with Crippen LogP contribution in [0, 0.1) is 29.1 Å². The van der Waals surface area contributed by atoms with E-state index in [0.29, 0.717) is 30.7 Å². The van der Waals surface area contributed by atoms with Crippen LogP contribution in [0.25, 0.3) is 0 Å². The maximum Gasteiger partial charge on any atom is 0.192 e. The molecule has 0 aliphatic heterocycles. The second-order valence-electron chi connectivity index (χ2n) is 22.6. The van der Waals surface area contributed by atoms with E-state index in [0.717, 1.165) is 37.5 Å². The van der Waals surface area contributed by atoms with Gasteiger partial charge >= 0.3 is 0 Å². The van der Waals surface area contributed by atoms with Crippen molar-refractivity contribution in [1.29, 1.82) is 0 Å². The molecular formula is C49H94O5Si3. The molecule has 2 unspecified atom stereocenters. The number of methoxy groups -OCH3 is 1. The molecule has 332 valence electrons. The van der Waals surface area contributed by atoms with Crippen molar-refractivity contribution >= 4 is 25.0 Å². The number of ether oxygens (including phenoxy) is 2. The van der Waals surface area contributed by atoms with Crippen molar-refractivity contribution in [3.63, 3.8) is 0 Å². The van der Waals surface area contributed by atoms with Gasteiger partial charge in [0, 0.05) is 7.11 Å². The molecule has 6 atom stereocenters. The Morgan fingerprint density at radius 1 is 0.930 bits per heavy atom. The molecule has 0 radical (unpaired) electrons. The Morgan fingerprint density at radius 3 is 2.16 bits per heavy atom. The van der Waals surface area contributed by atoms with Crippen molar-refractivity contribution in [3.8, 4) is 0 Å². The maximum atomic E-state index is 11.5. The first kappa shape index (κ1) is 51.0. The number of hydrogen-bond donors (Lipinski definition) is 1. The average molecular weight is 848 g/mol. The van der Waals surface area contributed by atoms with Gasteiger partial charge in [0.2, 0.25) is 0 Å². The van der Waals surface area contributed by atoms with E-state index in [-0.39, 0.29) is 21.8 Å². The molecule has 3 rings (SSSR count). The van der Waals surface area contributed by atoms with E-state index >= 15 is 0 Å². The van der Waals surface area contributed by atoms with Crippen molar-refractivity contribution in [2.24, 2.45) is 29.1 Å². The SMILES string of the molecule is CC[Si](CC)(CC)OC(C)(C)CCC[C@@H](C)C1CCC2/C(=C/C=C3\C[C@@H](CC(C)(C)[Si](C)(C)O)/C(=C/CCOCOC)[C@H](O[Si](C)(C)C(C)(C)C)C3)CCC[C@@]21C. The van der Waals surface area contributed by atoms with Gasteiger partial charge < -0.3 is 23.1 Å². The highest BCUT2D eigenvalue weighted by Gasteiger charge is 2.51. The van der Waals surface area contributed by atoms with Crippen LogP contribution in [0.3, 0.4) is 0 Å². The van der Waals surface area contributed by atoms with Crippen LogP contribution in [0.2, 0.25) is 54.4 Å². The van der Waals surface area contributed by atoms with E-state index < -0.39 is 25.0 Å². The lowest BCUT2D eigenvalue weighted by molar-refractivity contribution is -0.0286. The molecule has 0 aromatic carbocycles.